The quantitative estimate of drug-likeness (QED) is 0.736. The minimum atomic E-state index is -0.246. The highest BCUT2D eigenvalue weighted by Crippen LogP contribution is 2.13. The number of ether oxygens (including phenoxy) is 2. The van der Waals surface area contributed by atoms with E-state index in [0.29, 0.717) is 19.8 Å². The maximum atomic E-state index is 13.2. The van der Waals surface area contributed by atoms with Gasteiger partial charge in [-0.1, -0.05) is 6.07 Å². The lowest BCUT2D eigenvalue weighted by atomic mass is 10.1. The summed E-state index contributed by atoms with van der Waals surface area (Å²) in [6.45, 7) is 3.99. The molecule has 4 nitrogen and oxygen atoms in total. The normalized spacial score (nSPS) is 11.2. The molecule has 0 fully saturated rings. The Kier molecular flexibility index (Phi) is 7.59. The molecule has 0 aliphatic carbocycles. The van der Waals surface area contributed by atoms with Gasteiger partial charge in [0.1, 0.15) is 5.82 Å². The zero-order valence-electron chi connectivity index (χ0n) is 11.7. The number of hydrogen-bond donors (Lipinski definition) is 1. The van der Waals surface area contributed by atoms with Crippen LogP contribution in [0.2, 0.25) is 0 Å². The summed E-state index contributed by atoms with van der Waals surface area (Å²) in [5.74, 6) is -0.246. The Morgan fingerprint density at radius 3 is 2.26 bits per heavy atom. The van der Waals surface area contributed by atoms with E-state index in [1.54, 1.807) is 20.3 Å². The van der Waals surface area contributed by atoms with Gasteiger partial charge < -0.3 is 15.2 Å². The third-order valence-corrected chi connectivity index (χ3v) is 3.01. The van der Waals surface area contributed by atoms with Crippen molar-refractivity contribution in [2.75, 3.05) is 40.5 Å². The van der Waals surface area contributed by atoms with E-state index >= 15 is 0 Å². The van der Waals surface area contributed by atoms with E-state index in [1.807, 2.05) is 0 Å². The highest BCUT2D eigenvalue weighted by molar-refractivity contribution is 5.27. The first-order valence-electron chi connectivity index (χ1n) is 6.38. The zero-order valence-corrected chi connectivity index (χ0v) is 11.7. The van der Waals surface area contributed by atoms with Crippen LogP contribution in [-0.2, 0) is 22.6 Å². The minimum Gasteiger partial charge on any atom is -0.383 e. The molecular formula is C14H23FN2O2. The van der Waals surface area contributed by atoms with Crippen molar-refractivity contribution in [3.05, 3.63) is 35.1 Å². The summed E-state index contributed by atoms with van der Waals surface area (Å²) < 4.78 is 23.4. The molecule has 0 bridgehead atoms. The van der Waals surface area contributed by atoms with Gasteiger partial charge in [-0.3, -0.25) is 4.90 Å². The van der Waals surface area contributed by atoms with Crippen molar-refractivity contribution < 1.29 is 13.9 Å². The number of nitrogens with zero attached hydrogens (tertiary/aromatic N) is 1. The Labute approximate surface area is 114 Å². The molecule has 2 N–H and O–H groups in total. The van der Waals surface area contributed by atoms with E-state index in [2.05, 4.69) is 4.90 Å². The minimum absolute atomic E-state index is 0.246. The predicted octanol–water partition coefficient (Wildman–Crippen LogP) is 1.38. The highest BCUT2D eigenvalue weighted by atomic mass is 19.1. The van der Waals surface area contributed by atoms with Crippen molar-refractivity contribution in [2.24, 2.45) is 5.73 Å². The molecule has 19 heavy (non-hydrogen) atoms. The Morgan fingerprint density at radius 2 is 1.74 bits per heavy atom. The molecule has 1 aromatic carbocycles. The van der Waals surface area contributed by atoms with Crippen LogP contribution in [0.3, 0.4) is 0 Å². The Morgan fingerprint density at radius 1 is 1.11 bits per heavy atom. The van der Waals surface area contributed by atoms with Gasteiger partial charge in [0, 0.05) is 40.4 Å². The van der Waals surface area contributed by atoms with E-state index in [1.165, 1.54) is 12.1 Å². The average molecular weight is 270 g/mol. The molecule has 0 saturated carbocycles. The number of rotatable bonds is 9. The first-order valence-corrected chi connectivity index (χ1v) is 6.38. The molecule has 1 aromatic rings. The van der Waals surface area contributed by atoms with Gasteiger partial charge in [0.05, 0.1) is 13.2 Å². The predicted molar refractivity (Wildman–Crippen MR) is 73.3 cm³/mol. The van der Waals surface area contributed by atoms with E-state index in [-0.39, 0.29) is 5.82 Å². The van der Waals surface area contributed by atoms with Crippen molar-refractivity contribution >= 4 is 0 Å². The second-order valence-corrected chi connectivity index (χ2v) is 4.38. The van der Waals surface area contributed by atoms with Crippen molar-refractivity contribution in [2.45, 2.75) is 13.1 Å². The van der Waals surface area contributed by atoms with Crippen LogP contribution < -0.4 is 5.73 Å². The van der Waals surface area contributed by atoms with Crippen LogP contribution in [0, 0.1) is 5.82 Å². The van der Waals surface area contributed by atoms with Gasteiger partial charge in [0.25, 0.3) is 0 Å². The monoisotopic (exact) mass is 270 g/mol. The van der Waals surface area contributed by atoms with E-state index in [4.69, 9.17) is 15.2 Å². The van der Waals surface area contributed by atoms with Gasteiger partial charge in [-0.2, -0.15) is 0 Å². The van der Waals surface area contributed by atoms with Gasteiger partial charge in [-0.05, 0) is 23.3 Å². The second kappa shape index (κ2) is 8.98. The van der Waals surface area contributed by atoms with Crippen LogP contribution in [0.1, 0.15) is 11.1 Å². The third kappa shape index (κ3) is 5.65. The molecule has 108 valence electrons. The van der Waals surface area contributed by atoms with Crippen molar-refractivity contribution in [1.82, 2.24) is 4.90 Å². The number of methoxy groups -OCH3 is 2. The maximum absolute atomic E-state index is 13.2. The molecule has 0 aliphatic heterocycles. The lowest BCUT2D eigenvalue weighted by molar-refractivity contribution is 0.110. The van der Waals surface area contributed by atoms with E-state index in [0.717, 1.165) is 30.8 Å². The number of hydrogen-bond acceptors (Lipinski definition) is 4. The topological polar surface area (TPSA) is 47.7 Å². The molecule has 0 atom stereocenters. The molecule has 0 spiro atoms. The SMILES string of the molecule is COCCN(CCOC)Cc1ccc(F)cc1CN. The Hall–Kier alpha value is -1.01. The largest absolute Gasteiger partial charge is 0.383 e. The fourth-order valence-corrected chi connectivity index (χ4v) is 1.89. The third-order valence-electron chi connectivity index (χ3n) is 3.01. The van der Waals surface area contributed by atoms with Gasteiger partial charge in [-0.25, -0.2) is 4.39 Å². The van der Waals surface area contributed by atoms with Crippen molar-refractivity contribution in [1.29, 1.82) is 0 Å². The zero-order chi connectivity index (χ0) is 14.1. The summed E-state index contributed by atoms with van der Waals surface area (Å²) >= 11 is 0. The molecule has 1 rings (SSSR count). The van der Waals surface area contributed by atoms with Crippen molar-refractivity contribution in [3.8, 4) is 0 Å². The summed E-state index contributed by atoms with van der Waals surface area (Å²) in [6.07, 6.45) is 0. The molecule has 0 saturated heterocycles. The van der Waals surface area contributed by atoms with Gasteiger partial charge in [0.2, 0.25) is 0 Å². The van der Waals surface area contributed by atoms with Crippen LogP contribution >= 0.6 is 0 Å². The Balaban J connectivity index is 2.70. The summed E-state index contributed by atoms with van der Waals surface area (Å²) in [5.41, 5.74) is 7.56. The molecule has 0 aliphatic rings. The fourth-order valence-electron chi connectivity index (χ4n) is 1.89. The van der Waals surface area contributed by atoms with Gasteiger partial charge in [0.15, 0.2) is 0 Å². The number of nitrogens with two attached hydrogens (primary N) is 1. The maximum Gasteiger partial charge on any atom is 0.123 e. The molecule has 0 radical (unpaired) electrons. The van der Waals surface area contributed by atoms with Crippen LogP contribution in [0.5, 0.6) is 0 Å². The van der Waals surface area contributed by atoms with E-state index in [9.17, 15) is 4.39 Å². The standard InChI is InChI=1S/C14H23FN2O2/c1-18-7-5-17(6-8-19-2)11-12-3-4-14(15)9-13(12)10-16/h3-4,9H,5-8,10-11,16H2,1-2H3. The first kappa shape index (κ1) is 16.0. The van der Waals surface area contributed by atoms with Crippen LogP contribution in [0.15, 0.2) is 18.2 Å². The molecule has 0 aromatic heterocycles. The number of benzene rings is 1. The Bertz CT molecular complexity index is 366. The summed E-state index contributed by atoms with van der Waals surface area (Å²) in [4.78, 5) is 2.21. The summed E-state index contributed by atoms with van der Waals surface area (Å²) in [7, 11) is 3.36. The molecular weight excluding hydrogens is 247 g/mol. The van der Waals surface area contributed by atoms with Gasteiger partial charge in [-0.15, -0.1) is 0 Å². The smallest absolute Gasteiger partial charge is 0.123 e. The highest BCUT2D eigenvalue weighted by Gasteiger charge is 2.09. The summed E-state index contributed by atoms with van der Waals surface area (Å²) in [6, 6.07) is 4.77. The fraction of sp³-hybridized carbons (Fsp3) is 0.571. The number of halogens is 1. The molecule has 0 heterocycles. The molecule has 5 heteroatoms. The summed E-state index contributed by atoms with van der Waals surface area (Å²) in [5, 5.41) is 0. The first-order chi connectivity index (χ1) is 9.21. The lowest BCUT2D eigenvalue weighted by Gasteiger charge is -2.23. The van der Waals surface area contributed by atoms with Crippen LogP contribution in [0.4, 0.5) is 4.39 Å². The van der Waals surface area contributed by atoms with E-state index < -0.39 is 0 Å². The molecule has 0 unspecified atom stereocenters. The van der Waals surface area contributed by atoms with Crippen LogP contribution in [0.25, 0.3) is 0 Å². The molecule has 0 amide bonds. The van der Waals surface area contributed by atoms with Crippen molar-refractivity contribution in [3.63, 3.8) is 0 Å². The second-order valence-electron chi connectivity index (χ2n) is 4.38. The lowest BCUT2D eigenvalue weighted by Crippen LogP contribution is -2.30. The average Bonchev–Trinajstić information content (AvgIpc) is 2.43. The van der Waals surface area contributed by atoms with Gasteiger partial charge >= 0.3 is 0 Å². The van der Waals surface area contributed by atoms with Crippen LogP contribution in [-0.4, -0.2) is 45.4 Å².